The molecule has 6 nitrogen and oxygen atoms in total. The molecule has 1 N–H and O–H groups in total. The molecular weight excluding hydrogens is 396 g/mol. The van der Waals surface area contributed by atoms with E-state index in [4.69, 9.17) is 26.8 Å². The number of quaternary nitrogens is 1. The maximum absolute atomic E-state index is 6.06. The molecule has 30 heavy (non-hydrogen) atoms. The quantitative estimate of drug-likeness (QED) is 0.564. The Morgan fingerprint density at radius 2 is 1.77 bits per heavy atom. The van der Waals surface area contributed by atoms with Crippen molar-refractivity contribution in [2.24, 2.45) is 0 Å². The van der Waals surface area contributed by atoms with Crippen molar-refractivity contribution in [3.63, 3.8) is 0 Å². The van der Waals surface area contributed by atoms with Crippen LogP contribution in [0.1, 0.15) is 23.9 Å². The van der Waals surface area contributed by atoms with Crippen LogP contribution in [-0.4, -0.2) is 40.7 Å². The van der Waals surface area contributed by atoms with E-state index in [2.05, 4.69) is 35.8 Å². The highest BCUT2D eigenvalue weighted by Gasteiger charge is 2.18. The van der Waals surface area contributed by atoms with Gasteiger partial charge in [0, 0.05) is 0 Å². The molecule has 1 aliphatic rings. The predicted octanol–water partition coefficient (Wildman–Crippen LogP) is 2.48. The zero-order valence-electron chi connectivity index (χ0n) is 17.4. The fourth-order valence-corrected chi connectivity index (χ4v) is 3.90. The van der Waals surface area contributed by atoms with E-state index in [0.717, 1.165) is 55.7 Å². The number of nitrogens with zero attached hydrogens (tertiary/aromatic N) is 3. The molecule has 0 bridgehead atoms. The van der Waals surface area contributed by atoms with Crippen molar-refractivity contribution in [1.82, 2.24) is 14.3 Å². The number of aromatic nitrogens is 3. The van der Waals surface area contributed by atoms with Gasteiger partial charge in [0.05, 0.1) is 19.8 Å². The second-order valence-corrected chi connectivity index (χ2v) is 7.94. The number of hydrogen-bond acceptors (Lipinski definition) is 4. The monoisotopic (exact) mass is 425 g/mol. The van der Waals surface area contributed by atoms with E-state index in [0.29, 0.717) is 13.2 Å². The Morgan fingerprint density at radius 3 is 2.47 bits per heavy atom. The summed E-state index contributed by atoms with van der Waals surface area (Å²) in [7, 11) is 0. The van der Waals surface area contributed by atoms with Crippen molar-refractivity contribution in [2.45, 2.75) is 33.2 Å². The zero-order chi connectivity index (χ0) is 20.8. The van der Waals surface area contributed by atoms with E-state index >= 15 is 0 Å². The SMILES string of the molecule is CCc1ccc(OCc2nn(C[NH+]3CCOCC3)c(=S)n2Cc2ccccc2)cc1. The molecular formula is C23H29N4O2S+. The van der Waals surface area contributed by atoms with Gasteiger partial charge in [0.1, 0.15) is 25.4 Å². The lowest BCUT2D eigenvalue weighted by Gasteiger charge is -2.23. The third-order valence-corrected chi connectivity index (χ3v) is 5.89. The van der Waals surface area contributed by atoms with Crippen molar-refractivity contribution < 1.29 is 14.4 Å². The molecule has 4 rings (SSSR count). The van der Waals surface area contributed by atoms with E-state index in [1.54, 1.807) is 0 Å². The van der Waals surface area contributed by atoms with Gasteiger partial charge in [-0.1, -0.05) is 49.4 Å². The first-order valence-electron chi connectivity index (χ1n) is 10.6. The maximum Gasteiger partial charge on any atom is 0.203 e. The molecule has 7 heteroatoms. The molecule has 0 unspecified atom stereocenters. The van der Waals surface area contributed by atoms with E-state index in [1.165, 1.54) is 16.0 Å². The number of benzene rings is 2. The Labute approximate surface area is 182 Å². The molecule has 0 aliphatic carbocycles. The molecule has 0 saturated carbocycles. The van der Waals surface area contributed by atoms with Crippen LogP contribution in [0, 0.1) is 4.77 Å². The van der Waals surface area contributed by atoms with Gasteiger partial charge in [0.25, 0.3) is 0 Å². The van der Waals surface area contributed by atoms with Crippen LogP contribution in [0.15, 0.2) is 54.6 Å². The number of ether oxygens (including phenoxy) is 2. The number of rotatable bonds is 8. The summed E-state index contributed by atoms with van der Waals surface area (Å²) in [6.07, 6.45) is 1.02. The van der Waals surface area contributed by atoms with E-state index in [9.17, 15) is 0 Å². The first-order valence-corrected chi connectivity index (χ1v) is 11.0. The number of hydrogen-bond donors (Lipinski definition) is 1. The topological polar surface area (TPSA) is 45.6 Å². The summed E-state index contributed by atoms with van der Waals surface area (Å²) in [5, 5.41) is 4.84. The van der Waals surface area contributed by atoms with Gasteiger partial charge < -0.3 is 14.4 Å². The van der Waals surface area contributed by atoms with Crippen molar-refractivity contribution >= 4 is 12.2 Å². The Balaban J connectivity index is 1.55. The van der Waals surface area contributed by atoms with Crippen LogP contribution in [0.3, 0.4) is 0 Å². The molecule has 158 valence electrons. The lowest BCUT2D eigenvalue weighted by molar-refractivity contribution is -0.931. The fraction of sp³-hybridized carbons (Fsp3) is 0.391. The molecule has 2 aromatic carbocycles. The van der Waals surface area contributed by atoms with Crippen molar-refractivity contribution in [3.8, 4) is 5.75 Å². The minimum atomic E-state index is 0.382. The third kappa shape index (κ3) is 5.16. The van der Waals surface area contributed by atoms with Crippen molar-refractivity contribution in [1.29, 1.82) is 0 Å². The van der Waals surface area contributed by atoms with Crippen LogP contribution in [0.5, 0.6) is 5.75 Å². The second kappa shape index (κ2) is 10.0. The second-order valence-electron chi connectivity index (χ2n) is 7.58. The summed E-state index contributed by atoms with van der Waals surface area (Å²) in [4.78, 5) is 1.43. The Hall–Kier alpha value is -2.48. The van der Waals surface area contributed by atoms with Crippen LogP contribution in [-0.2, 0) is 31.0 Å². The standard InChI is InChI=1S/C23H28N4O2S/c1-2-19-8-10-21(11-9-19)29-17-22-24-27(18-25-12-14-28-15-13-25)23(30)26(22)16-20-6-4-3-5-7-20/h3-11H,2,12-18H2,1H3/p+1. The Bertz CT molecular complexity index is 992. The van der Waals surface area contributed by atoms with Gasteiger partial charge in [-0.2, -0.15) is 4.68 Å². The number of nitrogens with one attached hydrogen (secondary N) is 1. The van der Waals surface area contributed by atoms with Gasteiger partial charge in [0.15, 0.2) is 12.5 Å². The minimum absolute atomic E-state index is 0.382. The largest absolute Gasteiger partial charge is 0.486 e. The van der Waals surface area contributed by atoms with Crippen LogP contribution in [0.2, 0.25) is 0 Å². The van der Waals surface area contributed by atoms with Gasteiger partial charge in [-0.25, -0.2) is 0 Å². The summed E-state index contributed by atoms with van der Waals surface area (Å²) in [5.41, 5.74) is 2.49. The van der Waals surface area contributed by atoms with E-state index in [1.807, 2.05) is 35.0 Å². The van der Waals surface area contributed by atoms with Crippen LogP contribution in [0.25, 0.3) is 0 Å². The van der Waals surface area contributed by atoms with E-state index < -0.39 is 0 Å². The molecule has 1 saturated heterocycles. The summed E-state index contributed by atoms with van der Waals surface area (Å²) in [5.74, 6) is 1.69. The normalized spacial score (nSPS) is 14.7. The Morgan fingerprint density at radius 1 is 1.03 bits per heavy atom. The average Bonchev–Trinajstić information content (AvgIpc) is 3.08. The molecule has 0 amide bonds. The highest BCUT2D eigenvalue weighted by atomic mass is 32.1. The summed E-state index contributed by atoms with van der Waals surface area (Å²) in [6, 6.07) is 18.6. The van der Waals surface area contributed by atoms with Gasteiger partial charge >= 0.3 is 0 Å². The molecule has 1 aliphatic heterocycles. The summed E-state index contributed by atoms with van der Waals surface area (Å²) in [6.45, 7) is 7.50. The van der Waals surface area contributed by atoms with Gasteiger partial charge in [0.2, 0.25) is 4.77 Å². The highest BCUT2D eigenvalue weighted by molar-refractivity contribution is 7.71. The highest BCUT2D eigenvalue weighted by Crippen LogP contribution is 2.15. The van der Waals surface area contributed by atoms with Gasteiger partial charge in [-0.15, -0.1) is 5.10 Å². The smallest absolute Gasteiger partial charge is 0.203 e. The van der Waals surface area contributed by atoms with Gasteiger partial charge in [-0.3, -0.25) is 4.57 Å². The first-order chi connectivity index (χ1) is 14.7. The van der Waals surface area contributed by atoms with Crippen LogP contribution < -0.4 is 9.64 Å². The zero-order valence-corrected chi connectivity index (χ0v) is 18.2. The molecule has 1 aromatic heterocycles. The Kier molecular flexibility index (Phi) is 6.94. The third-order valence-electron chi connectivity index (χ3n) is 5.46. The van der Waals surface area contributed by atoms with Gasteiger partial charge in [-0.05, 0) is 41.9 Å². The minimum Gasteiger partial charge on any atom is -0.486 e. The molecule has 0 atom stereocenters. The lowest BCUT2D eigenvalue weighted by Crippen LogP contribution is -3.13. The maximum atomic E-state index is 6.06. The molecule has 3 aromatic rings. The number of aryl methyl sites for hydroxylation is 1. The predicted molar refractivity (Wildman–Crippen MR) is 118 cm³/mol. The van der Waals surface area contributed by atoms with Crippen molar-refractivity contribution in [3.05, 3.63) is 76.3 Å². The van der Waals surface area contributed by atoms with Crippen LogP contribution >= 0.6 is 12.2 Å². The fourth-order valence-electron chi connectivity index (χ4n) is 3.62. The average molecular weight is 426 g/mol. The van der Waals surface area contributed by atoms with E-state index in [-0.39, 0.29) is 0 Å². The first kappa shape index (κ1) is 20.8. The molecule has 2 heterocycles. The summed E-state index contributed by atoms with van der Waals surface area (Å²) < 4.78 is 16.3. The van der Waals surface area contributed by atoms with Crippen molar-refractivity contribution in [2.75, 3.05) is 26.3 Å². The molecule has 1 fully saturated rings. The number of morpholine rings is 1. The summed E-state index contributed by atoms with van der Waals surface area (Å²) >= 11 is 5.81. The van der Waals surface area contributed by atoms with Crippen LogP contribution in [0.4, 0.5) is 0 Å². The lowest BCUT2D eigenvalue weighted by atomic mass is 10.2. The molecule has 0 radical (unpaired) electrons. The molecule has 0 spiro atoms.